The van der Waals surface area contributed by atoms with E-state index in [4.69, 9.17) is 14.5 Å². The highest BCUT2D eigenvalue weighted by Gasteiger charge is 2.61. The number of likely N-dealkylation sites (tertiary alicyclic amines) is 2. The molecule has 1 N–H and O–H groups in total. The number of nitrogens with one attached hydrogen (secondary N) is 1. The Morgan fingerprint density at radius 1 is 1.04 bits per heavy atom. The number of allylic oxidation sites excluding steroid dienone is 1. The molecule has 0 bridgehead atoms. The van der Waals surface area contributed by atoms with Crippen molar-refractivity contribution in [3.05, 3.63) is 67.3 Å². The standard InChI is InChI=1S/C44H56N4O8S/c1-8-30-25-44(30,42(52)46-57(53,54)28(2)3)26-38(49)37-22-32(27-48(37)41(51)34(43(4,5)6)23-40(50)47-19-13-10-14-20-47)56-39-24-35(29-15-11-9-12-16-29)45-36-21-31(55-7)17-18-33(36)39/h8-9,11-12,15-18,21,24,28,30,32,34,37H,1,10,13-14,19-20,22-23,25-27H2,2-7H3,(H,46,52)/t30-,32-,34-,37+,44-/m1/s1. The summed E-state index contributed by atoms with van der Waals surface area (Å²) in [5.41, 5.74) is 0.243. The molecular weight excluding hydrogens is 745 g/mol. The number of nitrogens with zero attached hydrogens (tertiary/aromatic N) is 3. The molecule has 2 saturated heterocycles. The van der Waals surface area contributed by atoms with E-state index >= 15 is 0 Å². The van der Waals surface area contributed by atoms with Crippen LogP contribution in [0.1, 0.15) is 79.6 Å². The Kier molecular flexibility index (Phi) is 12.2. The van der Waals surface area contributed by atoms with Crippen LogP contribution in [0.15, 0.2) is 67.3 Å². The lowest BCUT2D eigenvalue weighted by Gasteiger charge is -2.36. The first-order valence-corrected chi connectivity index (χ1v) is 21.5. The highest BCUT2D eigenvalue weighted by Crippen LogP contribution is 2.57. The molecular formula is C44H56N4O8S. The number of hydrogen-bond donors (Lipinski definition) is 1. The van der Waals surface area contributed by atoms with Crippen molar-refractivity contribution >= 4 is 44.4 Å². The molecule has 3 aromatic rings. The van der Waals surface area contributed by atoms with Gasteiger partial charge in [0.1, 0.15) is 17.6 Å². The van der Waals surface area contributed by atoms with Crippen molar-refractivity contribution in [1.29, 1.82) is 0 Å². The summed E-state index contributed by atoms with van der Waals surface area (Å²) in [4.78, 5) is 65.1. The van der Waals surface area contributed by atoms with Crippen molar-refractivity contribution in [1.82, 2.24) is 19.5 Å². The SMILES string of the molecule is C=C[C@@H]1C[C@]1(CC(=O)[C@@H]1C[C@@H](Oc2cc(-c3ccccc3)nc3cc(OC)ccc23)CN1C(=O)[C@@H](CC(=O)N1CCCCC1)C(C)(C)C)C(=O)NS(=O)(=O)C(C)C. The Labute approximate surface area is 336 Å². The fourth-order valence-corrected chi connectivity index (χ4v) is 8.84. The van der Waals surface area contributed by atoms with Gasteiger partial charge in [0.2, 0.25) is 27.7 Å². The van der Waals surface area contributed by atoms with E-state index in [1.807, 2.05) is 80.3 Å². The summed E-state index contributed by atoms with van der Waals surface area (Å²) in [6.07, 6.45) is 3.94. The number of hydrogen-bond acceptors (Lipinski definition) is 9. The lowest BCUT2D eigenvalue weighted by Crippen LogP contribution is -2.49. The lowest BCUT2D eigenvalue weighted by atomic mass is 9.77. The number of benzene rings is 2. The molecule has 3 heterocycles. The molecule has 0 unspecified atom stereocenters. The van der Waals surface area contributed by atoms with Crippen molar-refractivity contribution in [3.8, 4) is 22.8 Å². The second kappa shape index (κ2) is 16.6. The van der Waals surface area contributed by atoms with E-state index in [0.29, 0.717) is 35.8 Å². The number of methoxy groups -OCH3 is 1. The first kappa shape index (κ1) is 41.8. The minimum atomic E-state index is -3.97. The fraction of sp³-hybridized carbons (Fsp3) is 0.523. The Balaban J connectivity index is 1.35. The van der Waals surface area contributed by atoms with Crippen molar-refractivity contribution in [3.63, 3.8) is 0 Å². The number of Topliss-reactive ketones (excluding diaryl/α,β-unsaturated/α-hetero) is 1. The van der Waals surface area contributed by atoms with Crippen LogP contribution in [0.25, 0.3) is 22.2 Å². The van der Waals surface area contributed by atoms with Gasteiger partial charge in [-0.15, -0.1) is 6.58 Å². The topological polar surface area (TPSA) is 152 Å². The molecule has 0 spiro atoms. The zero-order chi connectivity index (χ0) is 41.3. The molecule has 1 saturated carbocycles. The molecule has 1 aromatic heterocycles. The maximum atomic E-state index is 14.9. The Morgan fingerprint density at radius 2 is 1.74 bits per heavy atom. The molecule has 3 aliphatic rings. The third-order valence-corrected chi connectivity index (χ3v) is 13.6. The second-order valence-electron chi connectivity index (χ2n) is 17.2. The number of pyridine rings is 1. The Bertz CT molecular complexity index is 2130. The molecule has 1 aliphatic carbocycles. The highest BCUT2D eigenvalue weighted by molar-refractivity contribution is 7.90. The monoisotopic (exact) mass is 800 g/mol. The number of sulfonamides is 1. The van der Waals surface area contributed by atoms with Crippen LogP contribution in [0, 0.1) is 22.7 Å². The van der Waals surface area contributed by atoms with Gasteiger partial charge in [0.05, 0.1) is 47.5 Å². The van der Waals surface area contributed by atoms with Gasteiger partial charge in [-0.3, -0.25) is 23.9 Å². The summed E-state index contributed by atoms with van der Waals surface area (Å²) in [7, 11) is -2.38. The van der Waals surface area contributed by atoms with Crippen LogP contribution in [0.5, 0.6) is 11.5 Å². The number of ketones is 1. The van der Waals surface area contributed by atoms with Gasteiger partial charge in [-0.2, -0.15) is 0 Å². The third-order valence-electron chi connectivity index (χ3n) is 11.9. The average Bonchev–Trinajstić information content (AvgIpc) is 3.75. The van der Waals surface area contributed by atoms with Crippen molar-refractivity contribution in [2.75, 3.05) is 26.7 Å². The van der Waals surface area contributed by atoms with Crippen molar-refractivity contribution in [2.45, 2.75) is 97.0 Å². The van der Waals surface area contributed by atoms with Crippen LogP contribution < -0.4 is 14.2 Å². The minimum absolute atomic E-state index is 0.000468. The molecule has 5 atom stereocenters. The second-order valence-corrected chi connectivity index (χ2v) is 19.4. The summed E-state index contributed by atoms with van der Waals surface area (Å²) < 4.78 is 40.0. The molecule has 2 aromatic carbocycles. The van der Waals surface area contributed by atoms with Crippen LogP contribution in [-0.4, -0.2) is 90.8 Å². The van der Waals surface area contributed by atoms with E-state index in [9.17, 15) is 27.6 Å². The summed E-state index contributed by atoms with van der Waals surface area (Å²) in [5.74, 6) is -1.55. The maximum Gasteiger partial charge on any atom is 0.240 e. The number of aromatic nitrogens is 1. The van der Waals surface area contributed by atoms with Gasteiger partial charge in [-0.1, -0.05) is 57.2 Å². The van der Waals surface area contributed by atoms with Crippen LogP contribution >= 0.6 is 0 Å². The van der Waals surface area contributed by atoms with Crippen LogP contribution in [0.4, 0.5) is 0 Å². The number of carbonyl (C=O) groups excluding carboxylic acids is 4. The molecule has 3 fully saturated rings. The minimum Gasteiger partial charge on any atom is -0.497 e. The summed E-state index contributed by atoms with van der Waals surface area (Å²) in [6, 6.07) is 16.1. The van der Waals surface area contributed by atoms with Crippen molar-refractivity contribution in [2.24, 2.45) is 22.7 Å². The molecule has 6 rings (SSSR count). The normalized spacial score (nSPS) is 22.9. The molecule has 13 heteroatoms. The highest BCUT2D eigenvalue weighted by atomic mass is 32.2. The van der Waals surface area contributed by atoms with E-state index < -0.39 is 56.0 Å². The predicted molar refractivity (Wildman–Crippen MR) is 219 cm³/mol. The largest absolute Gasteiger partial charge is 0.497 e. The quantitative estimate of drug-likeness (QED) is 0.185. The lowest BCUT2D eigenvalue weighted by molar-refractivity contribution is -0.148. The number of rotatable bonds is 14. The molecule has 12 nitrogen and oxygen atoms in total. The van der Waals surface area contributed by atoms with Gasteiger partial charge in [0, 0.05) is 55.4 Å². The number of amides is 3. The molecule has 0 radical (unpaired) electrons. The van der Waals surface area contributed by atoms with Gasteiger partial charge in [0.15, 0.2) is 5.78 Å². The van der Waals surface area contributed by atoms with E-state index in [1.54, 1.807) is 18.1 Å². The van der Waals surface area contributed by atoms with Gasteiger partial charge < -0.3 is 19.3 Å². The number of carbonyl (C=O) groups is 4. The van der Waals surface area contributed by atoms with Crippen LogP contribution in [-0.2, 0) is 29.2 Å². The van der Waals surface area contributed by atoms with Crippen LogP contribution in [0.3, 0.4) is 0 Å². The van der Waals surface area contributed by atoms with E-state index in [0.717, 1.165) is 30.2 Å². The zero-order valence-electron chi connectivity index (χ0n) is 34.0. The van der Waals surface area contributed by atoms with Gasteiger partial charge in [-0.25, -0.2) is 13.4 Å². The fourth-order valence-electron chi connectivity index (χ4n) is 8.14. The smallest absolute Gasteiger partial charge is 0.240 e. The van der Waals surface area contributed by atoms with E-state index in [1.165, 1.54) is 13.8 Å². The predicted octanol–water partition coefficient (Wildman–Crippen LogP) is 6.33. The summed E-state index contributed by atoms with van der Waals surface area (Å²) in [5, 5.41) is -0.137. The molecule has 57 heavy (non-hydrogen) atoms. The van der Waals surface area contributed by atoms with Gasteiger partial charge in [0.25, 0.3) is 0 Å². The van der Waals surface area contributed by atoms with E-state index in [-0.39, 0.29) is 49.8 Å². The molecule has 3 amide bonds. The third kappa shape index (κ3) is 9.03. The number of ether oxygens (including phenoxy) is 2. The average molecular weight is 801 g/mol. The number of piperidine rings is 1. The zero-order valence-corrected chi connectivity index (χ0v) is 34.8. The summed E-state index contributed by atoms with van der Waals surface area (Å²) >= 11 is 0. The number of fused-ring (bicyclic) bond motifs is 1. The maximum absolute atomic E-state index is 14.9. The molecule has 2 aliphatic heterocycles. The van der Waals surface area contributed by atoms with E-state index in [2.05, 4.69) is 11.3 Å². The van der Waals surface area contributed by atoms with Gasteiger partial charge >= 0.3 is 0 Å². The van der Waals surface area contributed by atoms with Crippen LogP contribution in [0.2, 0.25) is 0 Å². The van der Waals surface area contributed by atoms with Crippen molar-refractivity contribution < 1.29 is 37.1 Å². The van der Waals surface area contributed by atoms with Gasteiger partial charge in [-0.05, 0) is 63.0 Å². The first-order valence-electron chi connectivity index (χ1n) is 20.0. The molecule has 306 valence electrons. The summed E-state index contributed by atoms with van der Waals surface area (Å²) in [6.45, 7) is 13.9. The Hall–Kier alpha value is -4.78. The first-order chi connectivity index (χ1) is 27.0. The Morgan fingerprint density at radius 3 is 2.35 bits per heavy atom.